The third kappa shape index (κ3) is 4.79. The van der Waals surface area contributed by atoms with E-state index >= 15 is 0 Å². The molecule has 1 aliphatic heterocycles. The van der Waals surface area contributed by atoms with Crippen LogP contribution in [-0.4, -0.2) is 31.9 Å². The molecule has 8 heteroatoms. The highest BCUT2D eigenvalue weighted by atomic mass is 16.7. The number of hydrogen-bond acceptors (Lipinski definition) is 5. The highest BCUT2D eigenvalue weighted by Crippen LogP contribution is 2.34. The number of anilines is 2. The van der Waals surface area contributed by atoms with Crippen molar-refractivity contribution in [3.63, 3.8) is 0 Å². The van der Waals surface area contributed by atoms with Crippen LogP contribution in [0.4, 0.5) is 16.2 Å². The highest BCUT2D eigenvalue weighted by molar-refractivity contribution is 5.91. The van der Waals surface area contributed by atoms with Gasteiger partial charge in [-0.05, 0) is 36.4 Å². The predicted octanol–water partition coefficient (Wildman–Crippen LogP) is 2.57. The molecule has 0 aliphatic carbocycles. The molecule has 26 heavy (non-hydrogen) atoms. The molecule has 0 saturated carbocycles. The molecule has 0 radical (unpaired) electrons. The number of carbonyl (C=O) groups excluding carboxylic acids is 2. The first kappa shape index (κ1) is 17.4. The van der Waals surface area contributed by atoms with Crippen LogP contribution in [0.25, 0.3) is 0 Å². The Morgan fingerprint density at radius 1 is 1.00 bits per heavy atom. The van der Waals surface area contributed by atoms with E-state index in [0.717, 1.165) is 0 Å². The summed E-state index contributed by atoms with van der Waals surface area (Å²) in [5.74, 6) is 1.84. The fourth-order valence-corrected chi connectivity index (χ4v) is 2.32. The lowest BCUT2D eigenvalue weighted by molar-refractivity contribution is -0.114. The normalized spacial score (nSPS) is 11.6. The molecule has 0 bridgehead atoms. The van der Waals surface area contributed by atoms with Crippen molar-refractivity contribution < 1.29 is 23.8 Å². The molecule has 0 saturated heterocycles. The van der Waals surface area contributed by atoms with Crippen molar-refractivity contribution in [3.8, 4) is 17.2 Å². The van der Waals surface area contributed by atoms with Gasteiger partial charge < -0.3 is 30.2 Å². The molecule has 0 spiro atoms. The summed E-state index contributed by atoms with van der Waals surface area (Å²) in [5, 5.41) is 8.06. The van der Waals surface area contributed by atoms with E-state index in [9.17, 15) is 9.59 Å². The topological polar surface area (TPSA) is 97.9 Å². The first-order valence-electron chi connectivity index (χ1n) is 8.05. The maximum Gasteiger partial charge on any atom is 0.319 e. The molecule has 3 amide bonds. The van der Waals surface area contributed by atoms with Crippen LogP contribution in [0.2, 0.25) is 0 Å². The van der Waals surface area contributed by atoms with E-state index in [1.54, 1.807) is 42.5 Å². The van der Waals surface area contributed by atoms with E-state index in [-0.39, 0.29) is 18.7 Å². The summed E-state index contributed by atoms with van der Waals surface area (Å²) in [6.07, 6.45) is 0. The molecule has 2 aromatic carbocycles. The second-order valence-corrected chi connectivity index (χ2v) is 5.50. The van der Waals surface area contributed by atoms with Gasteiger partial charge in [0.05, 0.1) is 6.54 Å². The van der Waals surface area contributed by atoms with E-state index in [1.807, 2.05) is 0 Å². The number of benzene rings is 2. The first-order chi connectivity index (χ1) is 12.6. The first-order valence-corrected chi connectivity index (χ1v) is 8.05. The van der Waals surface area contributed by atoms with Crippen LogP contribution in [0.15, 0.2) is 42.5 Å². The maximum atomic E-state index is 11.9. The van der Waals surface area contributed by atoms with Gasteiger partial charge >= 0.3 is 6.03 Å². The molecule has 136 valence electrons. The third-order valence-electron chi connectivity index (χ3n) is 3.46. The van der Waals surface area contributed by atoms with Crippen molar-refractivity contribution in [2.45, 2.75) is 6.92 Å². The number of ether oxygens (including phenoxy) is 3. The van der Waals surface area contributed by atoms with Gasteiger partial charge in [-0.3, -0.25) is 4.79 Å². The molecule has 0 fully saturated rings. The van der Waals surface area contributed by atoms with E-state index < -0.39 is 0 Å². The average Bonchev–Trinajstić information content (AvgIpc) is 3.08. The van der Waals surface area contributed by atoms with Crippen LogP contribution >= 0.6 is 0 Å². The summed E-state index contributed by atoms with van der Waals surface area (Å²) in [6.45, 7) is 2.30. The van der Waals surface area contributed by atoms with Crippen LogP contribution in [0.3, 0.4) is 0 Å². The molecular weight excluding hydrogens is 338 g/mol. The molecule has 0 atom stereocenters. The zero-order chi connectivity index (χ0) is 18.4. The number of hydrogen-bond donors (Lipinski definition) is 3. The highest BCUT2D eigenvalue weighted by Gasteiger charge is 2.13. The van der Waals surface area contributed by atoms with Crippen LogP contribution < -0.4 is 30.2 Å². The van der Waals surface area contributed by atoms with Gasteiger partial charge in [0, 0.05) is 24.4 Å². The SMILES string of the molecule is CC(=O)Nc1ccc(NC(=O)NCCOc2ccc3c(c2)OCO3)cc1. The van der Waals surface area contributed by atoms with Gasteiger partial charge in [0.15, 0.2) is 11.5 Å². The van der Waals surface area contributed by atoms with Crippen molar-refractivity contribution in [1.29, 1.82) is 0 Å². The predicted molar refractivity (Wildman–Crippen MR) is 95.8 cm³/mol. The Hall–Kier alpha value is -3.42. The van der Waals surface area contributed by atoms with Gasteiger partial charge in [-0.25, -0.2) is 4.79 Å². The largest absolute Gasteiger partial charge is 0.492 e. The monoisotopic (exact) mass is 357 g/mol. The lowest BCUT2D eigenvalue weighted by Crippen LogP contribution is -2.32. The Bertz CT molecular complexity index is 792. The Labute approximate surface area is 150 Å². The minimum atomic E-state index is -0.341. The summed E-state index contributed by atoms with van der Waals surface area (Å²) in [6, 6.07) is 11.8. The van der Waals surface area contributed by atoms with E-state index in [0.29, 0.717) is 41.8 Å². The van der Waals surface area contributed by atoms with Gasteiger partial charge in [0.25, 0.3) is 0 Å². The number of urea groups is 1. The smallest absolute Gasteiger partial charge is 0.319 e. The fraction of sp³-hybridized carbons (Fsp3) is 0.222. The number of fused-ring (bicyclic) bond motifs is 1. The fourth-order valence-electron chi connectivity index (χ4n) is 2.32. The Morgan fingerprint density at radius 3 is 2.42 bits per heavy atom. The van der Waals surface area contributed by atoms with Gasteiger partial charge in [-0.2, -0.15) is 0 Å². The van der Waals surface area contributed by atoms with Gasteiger partial charge in [0.2, 0.25) is 12.7 Å². The van der Waals surface area contributed by atoms with Crippen molar-refractivity contribution >= 4 is 23.3 Å². The lowest BCUT2D eigenvalue weighted by atomic mass is 10.3. The standard InChI is InChI=1S/C18H19N3O5/c1-12(22)20-13-2-4-14(5-3-13)21-18(23)19-8-9-24-15-6-7-16-17(10-15)26-11-25-16/h2-7,10H,8-9,11H2,1H3,(H,20,22)(H2,19,21,23). The number of carbonyl (C=O) groups is 2. The molecule has 2 aromatic rings. The summed E-state index contributed by atoms with van der Waals surface area (Å²) in [7, 11) is 0. The minimum Gasteiger partial charge on any atom is -0.492 e. The average molecular weight is 357 g/mol. The van der Waals surface area contributed by atoms with Crippen LogP contribution in [0, 0.1) is 0 Å². The van der Waals surface area contributed by atoms with Crippen LogP contribution in [0.5, 0.6) is 17.2 Å². The van der Waals surface area contributed by atoms with Gasteiger partial charge in [-0.15, -0.1) is 0 Å². The van der Waals surface area contributed by atoms with Crippen molar-refractivity contribution in [1.82, 2.24) is 5.32 Å². The maximum absolute atomic E-state index is 11.9. The third-order valence-corrected chi connectivity index (χ3v) is 3.46. The van der Waals surface area contributed by atoms with E-state index in [2.05, 4.69) is 16.0 Å². The Kier molecular flexibility index (Phi) is 5.43. The second kappa shape index (κ2) is 8.11. The van der Waals surface area contributed by atoms with Crippen molar-refractivity contribution in [3.05, 3.63) is 42.5 Å². The second-order valence-electron chi connectivity index (χ2n) is 5.50. The summed E-state index contributed by atoms with van der Waals surface area (Å²) in [4.78, 5) is 22.8. The molecule has 3 rings (SSSR count). The van der Waals surface area contributed by atoms with E-state index in [4.69, 9.17) is 14.2 Å². The molecular formula is C18H19N3O5. The summed E-state index contributed by atoms with van der Waals surface area (Å²) >= 11 is 0. The molecule has 3 N–H and O–H groups in total. The zero-order valence-corrected chi connectivity index (χ0v) is 14.2. The number of nitrogens with one attached hydrogen (secondary N) is 3. The summed E-state index contributed by atoms with van der Waals surface area (Å²) < 4.78 is 16.1. The number of rotatable bonds is 6. The Balaban J connectivity index is 1.38. The minimum absolute atomic E-state index is 0.147. The number of amides is 3. The molecule has 0 unspecified atom stereocenters. The molecule has 0 aromatic heterocycles. The summed E-state index contributed by atoms with van der Waals surface area (Å²) in [5.41, 5.74) is 1.29. The molecule has 1 aliphatic rings. The van der Waals surface area contributed by atoms with Crippen LogP contribution in [-0.2, 0) is 4.79 Å². The van der Waals surface area contributed by atoms with Crippen molar-refractivity contribution in [2.75, 3.05) is 30.6 Å². The Morgan fingerprint density at radius 2 is 1.69 bits per heavy atom. The van der Waals surface area contributed by atoms with Gasteiger partial charge in [-0.1, -0.05) is 0 Å². The zero-order valence-electron chi connectivity index (χ0n) is 14.2. The molecule has 8 nitrogen and oxygen atoms in total. The molecule has 1 heterocycles. The van der Waals surface area contributed by atoms with Crippen LogP contribution in [0.1, 0.15) is 6.92 Å². The van der Waals surface area contributed by atoms with Crippen molar-refractivity contribution in [2.24, 2.45) is 0 Å². The van der Waals surface area contributed by atoms with Gasteiger partial charge in [0.1, 0.15) is 12.4 Å². The quantitative estimate of drug-likeness (QED) is 0.690. The lowest BCUT2D eigenvalue weighted by Gasteiger charge is -2.10. The van der Waals surface area contributed by atoms with E-state index in [1.165, 1.54) is 6.92 Å².